The topological polar surface area (TPSA) is 68.5 Å². The van der Waals surface area contributed by atoms with Gasteiger partial charge in [-0.2, -0.15) is 0 Å². The zero-order valence-corrected chi connectivity index (χ0v) is 18.5. The summed E-state index contributed by atoms with van der Waals surface area (Å²) < 4.78 is 6.97. The van der Waals surface area contributed by atoms with E-state index in [0.29, 0.717) is 40.0 Å². The third kappa shape index (κ3) is 4.33. The minimum absolute atomic E-state index is 0.271. The number of benzene rings is 2. The van der Waals surface area contributed by atoms with Crippen molar-refractivity contribution in [3.8, 4) is 17.0 Å². The number of aromatic nitrogens is 1. The fraction of sp³-hybridized carbons (Fsp3) is 0.182. The molecule has 0 radical (unpaired) electrons. The summed E-state index contributed by atoms with van der Waals surface area (Å²) in [6.45, 7) is 2.32. The van der Waals surface area contributed by atoms with Crippen molar-refractivity contribution in [1.82, 2.24) is 4.57 Å². The van der Waals surface area contributed by atoms with Crippen LogP contribution in [0.15, 0.2) is 47.3 Å². The van der Waals surface area contributed by atoms with E-state index >= 15 is 0 Å². The number of halogens is 3. The molecule has 0 aliphatic rings. The molecule has 0 atom stereocenters. The Morgan fingerprint density at radius 3 is 2.33 bits per heavy atom. The number of hydrogen-bond acceptors (Lipinski definition) is 3. The SMILES string of the molecule is CCn1c(Cc2ccc(OC)c(Cl)c2)cc(=O)c(C(=O)O)c1-c1ccc(Cl)c(Cl)c1. The number of pyridine rings is 1. The van der Waals surface area contributed by atoms with Crippen LogP contribution in [-0.4, -0.2) is 22.8 Å². The molecule has 156 valence electrons. The number of aromatic carboxylic acids is 1. The van der Waals surface area contributed by atoms with Crippen LogP contribution in [0.4, 0.5) is 0 Å². The van der Waals surface area contributed by atoms with E-state index in [9.17, 15) is 14.7 Å². The lowest BCUT2D eigenvalue weighted by Crippen LogP contribution is -2.23. The third-order valence-corrected chi connectivity index (χ3v) is 5.76. The van der Waals surface area contributed by atoms with Gasteiger partial charge >= 0.3 is 5.97 Å². The number of methoxy groups -OCH3 is 1. The highest BCUT2D eigenvalue weighted by molar-refractivity contribution is 6.42. The fourth-order valence-electron chi connectivity index (χ4n) is 3.38. The van der Waals surface area contributed by atoms with Crippen LogP contribution in [0.25, 0.3) is 11.3 Å². The molecule has 5 nitrogen and oxygen atoms in total. The van der Waals surface area contributed by atoms with Crippen molar-refractivity contribution >= 4 is 40.8 Å². The van der Waals surface area contributed by atoms with Crippen molar-refractivity contribution in [1.29, 1.82) is 0 Å². The molecule has 0 saturated carbocycles. The molecule has 3 aromatic rings. The van der Waals surface area contributed by atoms with E-state index in [0.717, 1.165) is 5.56 Å². The quantitative estimate of drug-likeness (QED) is 0.499. The predicted octanol–water partition coefficient (Wildman–Crippen LogP) is 5.79. The van der Waals surface area contributed by atoms with Crippen LogP contribution in [-0.2, 0) is 13.0 Å². The molecule has 0 bridgehead atoms. The molecule has 1 heterocycles. The van der Waals surface area contributed by atoms with Crippen molar-refractivity contribution in [3.63, 3.8) is 0 Å². The predicted molar refractivity (Wildman–Crippen MR) is 120 cm³/mol. The Kier molecular flexibility index (Phi) is 6.76. The van der Waals surface area contributed by atoms with Gasteiger partial charge in [0.25, 0.3) is 0 Å². The minimum Gasteiger partial charge on any atom is -0.495 e. The second-order valence-corrected chi connectivity index (χ2v) is 7.77. The number of carboxylic acids is 1. The van der Waals surface area contributed by atoms with E-state index in [1.807, 2.05) is 13.0 Å². The molecule has 0 fully saturated rings. The highest BCUT2D eigenvalue weighted by Gasteiger charge is 2.22. The molecule has 1 N–H and O–H groups in total. The molecular weight excluding hydrogens is 449 g/mol. The molecule has 0 unspecified atom stereocenters. The lowest BCUT2D eigenvalue weighted by molar-refractivity contribution is 0.0695. The Morgan fingerprint density at radius 2 is 1.77 bits per heavy atom. The van der Waals surface area contributed by atoms with Crippen molar-refractivity contribution in [2.24, 2.45) is 0 Å². The summed E-state index contributed by atoms with van der Waals surface area (Å²) in [6.07, 6.45) is 0.376. The Morgan fingerprint density at radius 1 is 1.03 bits per heavy atom. The first-order valence-electron chi connectivity index (χ1n) is 9.04. The number of nitrogens with zero attached hydrogens (tertiary/aromatic N) is 1. The van der Waals surface area contributed by atoms with Crippen LogP contribution in [0.2, 0.25) is 15.1 Å². The van der Waals surface area contributed by atoms with Gasteiger partial charge in [-0.05, 0) is 36.8 Å². The monoisotopic (exact) mass is 465 g/mol. The van der Waals surface area contributed by atoms with Gasteiger partial charge in [0.2, 0.25) is 0 Å². The Labute approximate surface area is 188 Å². The summed E-state index contributed by atoms with van der Waals surface area (Å²) in [4.78, 5) is 24.7. The van der Waals surface area contributed by atoms with Gasteiger partial charge < -0.3 is 14.4 Å². The molecule has 0 amide bonds. The van der Waals surface area contributed by atoms with E-state index < -0.39 is 11.4 Å². The van der Waals surface area contributed by atoms with Crippen molar-refractivity contribution in [2.45, 2.75) is 19.9 Å². The molecular formula is C22H18Cl3NO4. The molecule has 0 spiro atoms. The van der Waals surface area contributed by atoms with Gasteiger partial charge in [-0.25, -0.2) is 4.79 Å². The van der Waals surface area contributed by atoms with Gasteiger partial charge in [0.05, 0.1) is 27.9 Å². The number of ether oxygens (including phenoxy) is 1. The van der Waals surface area contributed by atoms with E-state index in [1.54, 1.807) is 34.9 Å². The maximum absolute atomic E-state index is 12.8. The number of carboxylic acid groups (broad SMARTS) is 1. The van der Waals surface area contributed by atoms with Crippen LogP contribution in [0, 0.1) is 0 Å². The number of hydrogen-bond donors (Lipinski definition) is 1. The number of carbonyl (C=O) groups is 1. The van der Waals surface area contributed by atoms with Crippen LogP contribution in [0.3, 0.4) is 0 Å². The molecule has 30 heavy (non-hydrogen) atoms. The van der Waals surface area contributed by atoms with E-state index in [-0.39, 0.29) is 16.3 Å². The third-order valence-electron chi connectivity index (χ3n) is 4.72. The molecule has 2 aromatic carbocycles. The zero-order chi connectivity index (χ0) is 22.0. The summed E-state index contributed by atoms with van der Waals surface area (Å²) in [5, 5.41) is 10.8. The Hall–Kier alpha value is -2.47. The smallest absolute Gasteiger partial charge is 0.341 e. The van der Waals surface area contributed by atoms with E-state index in [2.05, 4.69) is 0 Å². The summed E-state index contributed by atoms with van der Waals surface area (Å²) >= 11 is 18.4. The normalized spacial score (nSPS) is 10.8. The van der Waals surface area contributed by atoms with Gasteiger partial charge in [0.1, 0.15) is 11.3 Å². The lowest BCUT2D eigenvalue weighted by Gasteiger charge is -2.20. The van der Waals surface area contributed by atoms with Gasteiger partial charge in [-0.15, -0.1) is 0 Å². The Balaban J connectivity index is 2.24. The second-order valence-electron chi connectivity index (χ2n) is 6.55. The zero-order valence-electron chi connectivity index (χ0n) is 16.2. The first-order chi connectivity index (χ1) is 14.3. The summed E-state index contributed by atoms with van der Waals surface area (Å²) in [5.74, 6) is -0.756. The molecule has 1 aromatic heterocycles. The molecule has 0 aliphatic heterocycles. The lowest BCUT2D eigenvalue weighted by atomic mass is 10.0. The van der Waals surface area contributed by atoms with Crippen LogP contribution >= 0.6 is 34.8 Å². The van der Waals surface area contributed by atoms with E-state index in [1.165, 1.54) is 13.2 Å². The molecule has 0 saturated heterocycles. The highest BCUT2D eigenvalue weighted by Crippen LogP contribution is 2.31. The second kappa shape index (κ2) is 9.13. The van der Waals surface area contributed by atoms with Crippen molar-refractivity contribution in [3.05, 3.63) is 84.6 Å². The van der Waals surface area contributed by atoms with E-state index in [4.69, 9.17) is 39.5 Å². The van der Waals surface area contributed by atoms with Crippen LogP contribution in [0.1, 0.15) is 28.5 Å². The number of rotatable bonds is 6. The minimum atomic E-state index is -1.30. The summed E-state index contributed by atoms with van der Waals surface area (Å²) in [7, 11) is 1.53. The van der Waals surface area contributed by atoms with Gasteiger partial charge in [-0.3, -0.25) is 4.79 Å². The van der Waals surface area contributed by atoms with Gasteiger partial charge in [0, 0.05) is 30.3 Å². The largest absolute Gasteiger partial charge is 0.495 e. The maximum Gasteiger partial charge on any atom is 0.341 e. The fourth-order valence-corrected chi connectivity index (χ4v) is 3.96. The first-order valence-corrected chi connectivity index (χ1v) is 10.2. The average molecular weight is 467 g/mol. The van der Waals surface area contributed by atoms with Crippen molar-refractivity contribution in [2.75, 3.05) is 7.11 Å². The molecule has 8 heteroatoms. The molecule has 3 rings (SSSR count). The van der Waals surface area contributed by atoms with Crippen LogP contribution in [0.5, 0.6) is 5.75 Å². The molecule has 0 aliphatic carbocycles. The standard InChI is InChI=1S/C22H18Cl3NO4/c1-3-26-14(8-12-4-7-19(30-2)17(25)9-12)11-18(27)20(22(28)29)21(26)13-5-6-15(23)16(24)10-13/h4-7,9-11H,3,8H2,1-2H3,(H,28,29). The average Bonchev–Trinajstić information content (AvgIpc) is 2.69. The maximum atomic E-state index is 12.8. The van der Waals surface area contributed by atoms with Gasteiger partial charge in [-0.1, -0.05) is 46.9 Å². The summed E-state index contributed by atoms with van der Waals surface area (Å²) in [6, 6.07) is 11.5. The van der Waals surface area contributed by atoms with Crippen LogP contribution < -0.4 is 10.2 Å². The first kappa shape index (κ1) is 22.2. The van der Waals surface area contributed by atoms with Gasteiger partial charge in [0.15, 0.2) is 5.43 Å². The van der Waals surface area contributed by atoms with Crippen molar-refractivity contribution < 1.29 is 14.6 Å². The Bertz CT molecular complexity index is 1190. The summed E-state index contributed by atoms with van der Waals surface area (Å²) in [5.41, 5.74) is 1.39. The highest BCUT2D eigenvalue weighted by atomic mass is 35.5.